The normalized spacial score (nSPS) is 15.4. The standard InChI is InChI=1S/C24H16FNO5/c1-30-19-12-13(6-11-17(19)27)21-20-22(28)16-4-2-3-5-18(16)31-23(20)24(29)26(21)15-9-7-14(25)8-10-15/h2-12,21,27H,1H3. The molecule has 1 aliphatic rings. The van der Waals surface area contributed by atoms with Crippen LogP contribution in [0.25, 0.3) is 11.0 Å². The zero-order valence-electron chi connectivity index (χ0n) is 16.3. The lowest BCUT2D eigenvalue weighted by Crippen LogP contribution is -2.29. The minimum atomic E-state index is -0.844. The molecule has 7 heteroatoms. The van der Waals surface area contributed by atoms with Gasteiger partial charge in [0, 0.05) is 5.69 Å². The number of fused-ring (bicyclic) bond motifs is 2. The van der Waals surface area contributed by atoms with Gasteiger partial charge >= 0.3 is 0 Å². The molecule has 154 valence electrons. The number of halogens is 1. The number of hydrogen-bond acceptors (Lipinski definition) is 5. The molecule has 31 heavy (non-hydrogen) atoms. The smallest absolute Gasteiger partial charge is 0.295 e. The van der Waals surface area contributed by atoms with Gasteiger partial charge in [0.05, 0.1) is 24.1 Å². The first-order valence-electron chi connectivity index (χ1n) is 9.51. The maximum atomic E-state index is 13.5. The number of nitrogens with zero attached hydrogens (tertiary/aromatic N) is 1. The molecule has 1 atom stereocenters. The number of ether oxygens (including phenoxy) is 1. The summed E-state index contributed by atoms with van der Waals surface area (Å²) in [6.07, 6.45) is 0. The van der Waals surface area contributed by atoms with E-state index in [1.165, 1.54) is 42.3 Å². The molecule has 3 aromatic carbocycles. The topological polar surface area (TPSA) is 80.0 Å². The second-order valence-corrected chi connectivity index (χ2v) is 7.16. The third-order valence-electron chi connectivity index (χ3n) is 5.40. The van der Waals surface area contributed by atoms with E-state index in [0.29, 0.717) is 22.2 Å². The number of carbonyl (C=O) groups is 1. The van der Waals surface area contributed by atoms with Crippen LogP contribution in [0.5, 0.6) is 11.5 Å². The Hall–Kier alpha value is -4.13. The first-order valence-corrected chi connectivity index (χ1v) is 9.51. The second kappa shape index (κ2) is 6.98. The third kappa shape index (κ3) is 2.85. The van der Waals surface area contributed by atoms with Crippen molar-refractivity contribution < 1.29 is 23.4 Å². The van der Waals surface area contributed by atoms with Crippen LogP contribution in [0, 0.1) is 5.82 Å². The van der Waals surface area contributed by atoms with E-state index < -0.39 is 17.8 Å². The molecule has 0 spiro atoms. The Morgan fingerprint density at radius 2 is 1.77 bits per heavy atom. The summed E-state index contributed by atoms with van der Waals surface area (Å²) in [5, 5.41) is 10.4. The van der Waals surface area contributed by atoms with Gasteiger partial charge in [0.1, 0.15) is 11.4 Å². The summed E-state index contributed by atoms with van der Waals surface area (Å²) in [7, 11) is 1.41. The summed E-state index contributed by atoms with van der Waals surface area (Å²) >= 11 is 0. The largest absolute Gasteiger partial charge is 0.504 e. The number of benzene rings is 3. The van der Waals surface area contributed by atoms with Crippen LogP contribution in [0.4, 0.5) is 10.1 Å². The zero-order valence-corrected chi connectivity index (χ0v) is 16.3. The molecule has 0 fully saturated rings. The number of methoxy groups -OCH3 is 1. The van der Waals surface area contributed by atoms with Gasteiger partial charge in [-0.1, -0.05) is 18.2 Å². The highest BCUT2D eigenvalue weighted by Gasteiger charge is 2.43. The molecule has 1 unspecified atom stereocenters. The van der Waals surface area contributed by atoms with Crippen LogP contribution in [0.15, 0.2) is 75.9 Å². The molecular weight excluding hydrogens is 401 g/mol. The van der Waals surface area contributed by atoms with E-state index in [1.54, 1.807) is 36.4 Å². The van der Waals surface area contributed by atoms with Crippen molar-refractivity contribution in [2.45, 2.75) is 6.04 Å². The van der Waals surface area contributed by atoms with Crippen LogP contribution in [0.2, 0.25) is 0 Å². The minimum absolute atomic E-state index is 0.0648. The van der Waals surface area contributed by atoms with E-state index in [4.69, 9.17) is 9.15 Å². The number of carbonyl (C=O) groups excluding carboxylic acids is 1. The fourth-order valence-corrected chi connectivity index (χ4v) is 3.97. The quantitative estimate of drug-likeness (QED) is 0.535. The molecule has 0 saturated heterocycles. The predicted molar refractivity (Wildman–Crippen MR) is 112 cm³/mol. The number of rotatable bonds is 3. The summed E-state index contributed by atoms with van der Waals surface area (Å²) in [5.74, 6) is -0.903. The Morgan fingerprint density at radius 1 is 1.03 bits per heavy atom. The number of anilines is 1. The van der Waals surface area contributed by atoms with Crippen molar-refractivity contribution in [3.05, 3.63) is 99.7 Å². The van der Waals surface area contributed by atoms with Crippen LogP contribution < -0.4 is 15.1 Å². The number of para-hydroxylation sites is 1. The maximum Gasteiger partial charge on any atom is 0.295 e. The average Bonchev–Trinajstić information content (AvgIpc) is 3.07. The number of amides is 1. The van der Waals surface area contributed by atoms with Crippen LogP contribution in [-0.4, -0.2) is 18.1 Å². The molecule has 1 aliphatic heterocycles. The van der Waals surface area contributed by atoms with Gasteiger partial charge < -0.3 is 14.3 Å². The van der Waals surface area contributed by atoms with Crippen LogP contribution in [0.1, 0.15) is 27.7 Å². The molecular formula is C24H16FNO5. The van der Waals surface area contributed by atoms with Gasteiger partial charge in [-0.05, 0) is 54.1 Å². The molecule has 5 rings (SSSR count). The monoisotopic (exact) mass is 417 g/mol. The Bertz CT molecular complexity index is 1390. The fraction of sp³-hybridized carbons (Fsp3) is 0.0833. The number of phenols is 1. The van der Waals surface area contributed by atoms with Gasteiger partial charge in [-0.3, -0.25) is 14.5 Å². The first-order chi connectivity index (χ1) is 15.0. The van der Waals surface area contributed by atoms with E-state index >= 15 is 0 Å². The zero-order chi connectivity index (χ0) is 21.7. The van der Waals surface area contributed by atoms with Gasteiger partial charge in [-0.25, -0.2) is 4.39 Å². The molecule has 0 radical (unpaired) electrons. The molecule has 0 saturated carbocycles. The van der Waals surface area contributed by atoms with Crippen molar-refractivity contribution >= 4 is 22.6 Å². The number of phenolic OH excluding ortho intramolecular Hbond substituents is 1. The summed E-state index contributed by atoms with van der Waals surface area (Å²) in [4.78, 5) is 28.2. The molecule has 1 N–H and O–H groups in total. The van der Waals surface area contributed by atoms with Gasteiger partial charge in [-0.2, -0.15) is 0 Å². The molecule has 4 aromatic rings. The highest BCUT2D eigenvalue weighted by Crippen LogP contribution is 2.43. The van der Waals surface area contributed by atoms with E-state index in [2.05, 4.69) is 0 Å². The Morgan fingerprint density at radius 3 is 2.52 bits per heavy atom. The first kappa shape index (κ1) is 18.9. The van der Waals surface area contributed by atoms with Crippen molar-refractivity contribution in [1.29, 1.82) is 0 Å². The fourth-order valence-electron chi connectivity index (χ4n) is 3.97. The summed E-state index contributed by atoms with van der Waals surface area (Å²) in [6, 6.07) is 15.9. The summed E-state index contributed by atoms with van der Waals surface area (Å²) < 4.78 is 24.6. The third-order valence-corrected chi connectivity index (χ3v) is 5.40. The van der Waals surface area contributed by atoms with Crippen molar-refractivity contribution in [2.24, 2.45) is 0 Å². The summed E-state index contributed by atoms with van der Waals surface area (Å²) in [6.45, 7) is 0. The highest BCUT2D eigenvalue weighted by atomic mass is 19.1. The van der Waals surface area contributed by atoms with Gasteiger partial charge in [0.15, 0.2) is 16.9 Å². The van der Waals surface area contributed by atoms with E-state index in [1.807, 2.05) is 0 Å². The Balaban J connectivity index is 1.81. The second-order valence-electron chi connectivity index (χ2n) is 7.16. The van der Waals surface area contributed by atoms with Crippen LogP contribution >= 0.6 is 0 Å². The SMILES string of the molecule is COc1cc(C2c3c(oc4ccccc4c3=O)C(=O)N2c2ccc(F)cc2)ccc1O. The number of hydrogen-bond donors (Lipinski definition) is 1. The molecule has 1 amide bonds. The number of aromatic hydroxyl groups is 1. The Kier molecular flexibility index (Phi) is 4.25. The molecule has 0 aliphatic carbocycles. The van der Waals surface area contributed by atoms with Gasteiger partial charge in [0.2, 0.25) is 5.76 Å². The van der Waals surface area contributed by atoms with E-state index in [-0.39, 0.29) is 28.3 Å². The lowest BCUT2D eigenvalue weighted by molar-refractivity contribution is 0.0971. The van der Waals surface area contributed by atoms with E-state index in [9.17, 15) is 19.1 Å². The van der Waals surface area contributed by atoms with Crippen molar-refractivity contribution in [3.63, 3.8) is 0 Å². The molecule has 1 aromatic heterocycles. The van der Waals surface area contributed by atoms with Gasteiger partial charge in [0.25, 0.3) is 5.91 Å². The molecule has 0 bridgehead atoms. The van der Waals surface area contributed by atoms with Crippen LogP contribution in [0.3, 0.4) is 0 Å². The Labute approximate surface area is 175 Å². The maximum absolute atomic E-state index is 13.5. The average molecular weight is 417 g/mol. The lowest BCUT2D eigenvalue weighted by Gasteiger charge is -2.25. The lowest BCUT2D eigenvalue weighted by atomic mass is 9.97. The predicted octanol–water partition coefficient (Wildman–Crippen LogP) is 4.40. The highest BCUT2D eigenvalue weighted by molar-refractivity contribution is 6.10. The van der Waals surface area contributed by atoms with Gasteiger partial charge in [-0.15, -0.1) is 0 Å². The summed E-state index contributed by atoms with van der Waals surface area (Å²) in [5.41, 5.74) is 1.10. The molecule has 2 heterocycles. The van der Waals surface area contributed by atoms with Crippen molar-refractivity contribution in [3.8, 4) is 11.5 Å². The minimum Gasteiger partial charge on any atom is -0.504 e. The molecule has 6 nitrogen and oxygen atoms in total. The van der Waals surface area contributed by atoms with E-state index in [0.717, 1.165) is 0 Å². The van der Waals surface area contributed by atoms with Crippen LogP contribution in [-0.2, 0) is 0 Å². The van der Waals surface area contributed by atoms with Crippen molar-refractivity contribution in [2.75, 3.05) is 12.0 Å². The van der Waals surface area contributed by atoms with Crippen molar-refractivity contribution in [1.82, 2.24) is 0 Å².